The van der Waals surface area contributed by atoms with Gasteiger partial charge in [-0.1, -0.05) is 36.4 Å². The lowest BCUT2D eigenvalue weighted by Crippen LogP contribution is -2.51. The molecule has 7 nitrogen and oxygen atoms in total. The van der Waals surface area contributed by atoms with Crippen molar-refractivity contribution < 1.29 is 18.8 Å². The summed E-state index contributed by atoms with van der Waals surface area (Å²) in [6, 6.07) is 16.4. The fourth-order valence-corrected chi connectivity index (χ4v) is 4.27. The molecule has 0 saturated carbocycles. The van der Waals surface area contributed by atoms with E-state index < -0.39 is 17.4 Å². The molecule has 2 aromatic carbocycles. The summed E-state index contributed by atoms with van der Waals surface area (Å²) in [6.07, 6.45) is 0.131. The van der Waals surface area contributed by atoms with Crippen molar-refractivity contribution in [3.63, 3.8) is 0 Å². The molecule has 7 heteroatoms. The van der Waals surface area contributed by atoms with Gasteiger partial charge in [0, 0.05) is 31.2 Å². The molecule has 1 aromatic heterocycles. The van der Waals surface area contributed by atoms with Gasteiger partial charge in [-0.3, -0.25) is 14.4 Å². The quantitative estimate of drug-likeness (QED) is 0.642. The van der Waals surface area contributed by atoms with Crippen molar-refractivity contribution in [2.75, 3.05) is 4.90 Å². The number of fused-ring (bicyclic) bond motifs is 3. The molecule has 144 valence electrons. The molecule has 1 spiro atoms. The smallest absolute Gasteiger partial charge is 0.266 e. The highest BCUT2D eigenvalue weighted by atomic mass is 16.3. The van der Waals surface area contributed by atoms with Crippen LogP contribution in [0.4, 0.5) is 5.69 Å². The first-order valence-corrected chi connectivity index (χ1v) is 9.25. The second-order valence-electron chi connectivity index (χ2n) is 7.24. The monoisotopic (exact) mass is 387 g/mol. The molecule has 3 aromatic rings. The van der Waals surface area contributed by atoms with Gasteiger partial charge >= 0.3 is 0 Å². The number of anilines is 1. The van der Waals surface area contributed by atoms with Crippen molar-refractivity contribution in [2.45, 2.75) is 25.8 Å². The summed E-state index contributed by atoms with van der Waals surface area (Å²) < 4.78 is 5.92. The van der Waals surface area contributed by atoms with Crippen LogP contribution in [0.15, 0.2) is 64.1 Å². The van der Waals surface area contributed by atoms with Crippen LogP contribution in [0.1, 0.15) is 31.6 Å². The van der Waals surface area contributed by atoms with Gasteiger partial charge < -0.3 is 4.42 Å². The van der Waals surface area contributed by atoms with Crippen molar-refractivity contribution in [3.8, 4) is 0 Å². The number of hydrazone groups is 1. The number of carbonyl (C=O) groups is 3. The van der Waals surface area contributed by atoms with E-state index in [9.17, 15) is 14.4 Å². The number of benzene rings is 2. The Morgan fingerprint density at radius 2 is 1.76 bits per heavy atom. The van der Waals surface area contributed by atoms with Gasteiger partial charge in [-0.25, -0.2) is 9.91 Å². The number of furan rings is 1. The molecule has 0 unspecified atom stereocenters. The highest BCUT2D eigenvalue weighted by molar-refractivity contribution is 6.25. The van der Waals surface area contributed by atoms with E-state index in [1.165, 1.54) is 18.9 Å². The molecule has 5 rings (SSSR count). The van der Waals surface area contributed by atoms with E-state index in [0.717, 1.165) is 10.3 Å². The normalized spacial score (nSPS) is 20.5. The minimum absolute atomic E-state index is 0.131. The van der Waals surface area contributed by atoms with Crippen LogP contribution in [-0.2, 0) is 19.9 Å². The fourth-order valence-electron chi connectivity index (χ4n) is 4.27. The van der Waals surface area contributed by atoms with E-state index >= 15 is 0 Å². The lowest BCUT2D eigenvalue weighted by atomic mass is 9.86. The van der Waals surface area contributed by atoms with Crippen molar-refractivity contribution in [1.82, 2.24) is 5.01 Å². The van der Waals surface area contributed by atoms with Gasteiger partial charge in [0.1, 0.15) is 11.3 Å². The summed E-state index contributed by atoms with van der Waals surface area (Å²) in [4.78, 5) is 39.4. The van der Waals surface area contributed by atoms with Gasteiger partial charge in [0.15, 0.2) is 11.3 Å². The number of imide groups is 1. The van der Waals surface area contributed by atoms with E-state index in [-0.39, 0.29) is 12.3 Å². The molecule has 3 amide bonds. The third kappa shape index (κ3) is 2.24. The Kier molecular flexibility index (Phi) is 3.52. The lowest BCUT2D eigenvalue weighted by Gasteiger charge is -2.30. The predicted molar refractivity (Wildman–Crippen MR) is 106 cm³/mol. The van der Waals surface area contributed by atoms with Gasteiger partial charge in [-0.05, 0) is 18.2 Å². The van der Waals surface area contributed by atoms with Crippen LogP contribution in [0.3, 0.4) is 0 Å². The Hall–Kier alpha value is -3.74. The maximum Gasteiger partial charge on any atom is 0.266 e. The zero-order chi connectivity index (χ0) is 20.3. The van der Waals surface area contributed by atoms with Crippen molar-refractivity contribution in [3.05, 3.63) is 65.9 Å². The van der Waals surface area contributed by atoms with E-state index in [2.05, 4.69) is 5.10 Å². The van der Waals surface area contributed by atoms with Crippen molar-refractivity contribution in [2.24, 2.45) is 5.10 Å². The molecule has 1 atom stereocenters. The molecular formula is C22H17N3O4. The highest BCUT2D eigenvalue weighted by Gasteiger charge is 2.60. The standard InChI is InChI=1S/C22H17N3O4/c1-13(26)24-18-9-5-4-8-16(18)22(21(24)28)12-17(23-25(22)14(2)27)20-11-15-7-3-6-10-19(15)29-20/h3-11H,12H2,1-2H3/t22-/m0/s1. The Labute approximate surface area is 166 Å². The second kappa shape index (κ2) is 5.88. The predicted octanol–water partition coefficient (Wildman–Crippen LogP) is 3.18. The molecule has 29 heavy (non-hydrogen) atoms. The molecular weight excluding hydrogens is 370 g/mol. The molecule has 0 fully saturated rings. The second-order valence-corrected chi connectivity index (χ2v) is 7.24. The first kappa shape index (κ1) is 17.4. The third-order valence-corrected chi connectivity index (χ3v) is 5.48. The SMILES string of the molecule is CC(=O)N1C(=O)[C@]2(CC(c3cc4ccccc4o3)=NN2C(C)=O)c2ccccc21. The lowest BCUT2D eigenvalue weighted by molar-refractivity contribution is -0.144. The summed E-state index contributed by atoms with van der Waals surface area (Å²) >= 11 is 0. The summed E-state index contributed by atoms with van der Waals surface area (Å²) in [5.74, 6) is -0.762. The van der Waals surface area contributed by atoms with Crippen molar-refractivity contribution >= 4 is 40.1 Å². The van der Waals surface area contributed by atoms with E-state index in [0.29, 0.717) is 28.3 Å². The van der Waals surface area contributed by atoms with E-state index in [4.69, 9.17) is 4.42 Å². The molecule has 0 radical (unpaired) electrons. The molecule has 0 bridgehead atoms. The Morgan fingerprint density at radius 3 is 2.48 bits per heavy atom. The highest BCUT2D eigenvalue weighted by Crippen LogP contribution is 2.50. The fraction of sp³-hybridized carbons (Fsp3) is 0.182. The number of amides is 3. The van der Waals surface area contributed by atoms with Gasteiger partial charge in [0.05, 0.1) is 5.69 Å². The van der Waals surface area contributed by atoms with E-state index in [1.807, 2.05) is 30.3 Å². The molecule has 3 heterocycles. The van der Waals surface area contributed by atoms with Crippen molar-refractivity contribution in [1.29, 1.82) is 0 Å². The molecule has 2 aliphatic rings. The first-order valence-electron chi connectivity index (χ1n) is 9.25. The maximum absolute atomic E-state index is 13.5. The van der Waals surface area contributed by atoms with Gasteiger partial charge in [0.25, 0.3) is 5.91 Å². The van der Waals surface area contributed by atoms with Crippen LogP contribution >= 0.6 is 0 Å². The average molecular weight is 387 g/mol. The zero-order valence-electron chi connectivity index (χ0n) is 15.9. The van der Waals surface area contributed by atoms with Gasteiger partial charge in [-0.2, -0.15) is 5.10 Å². The summed E-state index contributed by atoms with van der Waals surface area (Å²) in [5, 5.41) is 6.58. The van der Waals surface area contributed by atoms with Crippen LogP contribution in [0.25, 0.3) is 11.0 Å². The van der Waals surface area contributed by atoms with Crippen LogP contribution < -0.4 is 4.90 Å². The van der Waals surface area contributed by atoms with Crippen LogP contribution in [0.2, 0.25) is 0 Å². The summed E-state index contributed by atoms with van der Waals surface area (Å²) in [7, 11) is 0. The van der Waals surface area contributed by atoms with E-state index in [1.54, 1.807) is 24.3 Å². The van der Waals surface area contributed by atoms with Gasteiger partial charge in [-0.15, -0.1) is 0 Å². The van der Waals surface area contributed by atoms with Crippen LogP contribution in [0.5, 0.6) is 0 Å². The maximum atomic E-state index is 13.5. The molecule has 0 aliphatic carbocycles. The Balaban J connectivity index is 1.69. The van der Waals surface area contributed by atoms with Crippen LogP contribution in [0, 0.1) is 0 Å². The first-order chi connectivity index (χ1) is 13.9. The molecule has 0 N–H and O–H groups in total. The number of hydrogen-bond donors (Lipinski definition) is 0. The van der Waals surface area contributed by atoms with Gasteiger partial charge in [0.2, 0.25) is 11.8 Å². The summed E-state index contributed by atoms with van der Waals surface area (Å²) in [6.45, 7) is 2.70. The average Bonchev–Trinajstić information content (AvgIpc) is 3.36. The molecule has 0 saturated heterocycles. The summed E-state index contributed by atoms with van der Waals surface area (Å²) in [5.41, 5.74) is 0.874. The number of nitrogens with zero attached hydrogens (tertiary/aromatic N) is 3. The topological polar surface area (TPSA) is 83.2 Å². The minimum atomic E-state index is -1.39. The molecule has 2 aliphatic heterocycles. The number of carbonyl (C=O) groups excluding carboxylic acids is 3. The largest absolute Gasteiger partial charge is 0.455 e. The number of hydrogen-bond acceptors (Lipinski definition) is 5. The van der Waals surface area contributed by atoms with Crippen LogP contribution in [-0.4, -0.2) is 28.4 Å². The minimum Gasteiger partial charge on any atom is -0.455 e. The third-order valence-electron chi connectivity index (χ3n) is 5.48. The number of para-hydroxylation sites is 2. The number of rotatable bonds is 1. The Bertz CT molecular complexity index is 1210. The Morgan fingerprint density at radius 1 is 1.03 bits per heavy atom. The zero-order valence-corrected chi connectivity index (χ0v) is 15.9.